The number of nitrogens with one attached hydrogen (secondary N) is 1. The van der Waals surface area contributed by atoms with Gasteiger partial charge in [-0.05, 0) is 19.1 Å². The Balaban J connectivity index is 1.83. The van der Waals surface area contributed by atoms with E-state index in [2.05, 4.69) is 10.3 Å². The fourth-order valence-electron chi connectivity index (χ4n) is 2.74. The molecule has 1 amide bonds. The van der Waals surface area contributed by atoms with E-state index in [1.807, 2.05) is 18.2 Å². The van der Waals surface area contributed by atoms with Crippen LogP contribution >= 0.6 is 0 Å². The SMILES string of the molecule is Cc1nc(-c2ccccc2)cc(=O)n1CC(=O)Nc1ccccc1C(F)(F)F. The van der Waals surface area contributed by atoms with Crippen molar-refractivity contribution < 1.29 is 18.0 Å². The summed E-state index contributed by atoms with van der Waals surface area (Å²) < 4.78 is 40.2. The Kier molecular flexibility index (Phi) is 5.30. The molecule has 0 saturated carbocycles. The van der Waals surface area contributed by atoms with Gasteiger partial charge in [0.05, 0.1) is 16.9 Å². The molecule has 0 aliphatic rings. The average molecular weight is 387 g/mol. The molecule has 2 aromatic carbocycles. The largest absolute Gasteiger partial charge is 0.418 e. The summed E-state index contributed by atoms with van der Waals surface area (Å²) >= 11 is 0. The molecule has 3 rings (SSSR count). The van der Waals surface area contributed by atoms with Gasteiger partial charge in [-0.3, -0.25) is 14.2 Å². The van der Waals surface area contributed by atoms with Gasteiger partial charge in [0.2, 0.25) is 5.91 Å². The number of amides is 1. The van der Waals surface area contributed by atoms with E-state index in [1.54, 1.807) is 19.1 Å². The van der Waals surface area contributed by atoms with Crippen LogP contribution in [0.25, 0.3) is 11.3 Å². The number of hydrogen-bond acceptors (Lipinski definition) is 3. The second kappa shape index (κ2) is 7.67. The molecule has 8 heteroatoms. The van der Waals surface area contributed by atoms with E-state index in [9.17, 15) is 22.8 Å². The monoisotopic (exact) mass is 387 g/mol. The van der Waals surface area contributed by atoms with Crippen molar-refractivity contribution in [3.05, 3.63) is 82.4 Å². The van der Waals surface area contributed by atoms with Crippen molar-refractivity contribution in [2.75, 3.05) is 5.32 Å². The lowest BCUT2D eigenvalue weighted by Crippen LogP contribution is -2.30. The van der Waals surface area contributed by atoms with Gasteiger partial charge in [0, 0.05) is 11.6 Å². The van der Waals surface area contributed by atoms with Gasteiger partial charge < -0.3 is 5.32 Å². The first kappa shape index (κ1) is 19.3. The highest BCUT2D eigenvalue weighted by atomic mass is 19.4. The van der Waals surface area contributed by atoms with Crippen LogP contribution in [0.3, 0.4) is 0 Å². The van der Waals surface area contributed by atoms with Gasteiger partial charge in [0.25, 0.3) is 5.56 Å². The van der Waals surface area contributed by atoms with Gasteiger partial charge in [-0.25, -0.2) is 4.98 Å². The summed E-state index contributed by atoms with van der Waals surface area (Å²) in [6.07, 6.45) is -4.60. The van der Waals surface area contributed by atoms with Crippen LogP contribution in [0.15, 0.2) is 65.5 Å². The van der Waals surface area contributed by atoms with Crippen LogP contribution in [0.4, 0.5) is 18.9 Å². The highest BCUT2D eigenvalue weighted by Gasteiger charge is 2.33. The minimum Gasteiger partial charge on any atom is -0.324 e. The van der Waals surface area contributed by atoms with Crippen molar-refractivity contribution in [1.82, 2.24) is 9.55 Å². The summed E-state index contributed by atoms with van der Waals surface area (Å²) in [5, 5.41) is 2.22. The average Bonchev–Trinajstić information content (AvgIpc) is 2.65. The molecule has 0 saturated heterocycles. The van der Waals surface area contributed by atoms with Crippen LogP contribution in [-0.4, -0.2) is 15.5 Å². The Hall–Kier alpha value is -3.42. The normalized spacial score (nSPS) is 11.3. The molecule has 0 aliphatic carbocycles. The molecule has 5 nitrogen and oxygen atoms in total. The van der Waals surface area contributed by atoms with Gasteiger partial charge in [-0.2, -0.15) is 13.2 Å². The predicted octanol–water partition coefficient (Wildman–Crippen LogP) is 3.88. The van der Waals surface area contributed by atoms with E-state index in [4.69, 9.17) is 0 Å². The fraction of sp³-hybridized carbons (Fsp3) is 0.150. The lowest BCUT2D eigenvalue weighted by molar-refractivity contribution is -0.137. The van der Waals surface area contributed by atoms with Crippen LogP contribution in [0, 0.1) is 6.92 Å². The van der Waals surface area contributed by atoms with E-state index in [0.29, 0.717) is 5.69 Å². The number of aromatic nitrogens is 2. The lowest BCUT2D eigenvalue weighted by Gasteiger charge is -2.15. The number of alkyl halides is 3. The maximum atomic E-state index is 13.0. The summed E-state index contributed by atoms with van der Waals surface area (Å²) in [6.45, 7) is 1.11. The summed E-state index contributed by atoms with van der Waals surface area (Å²) in [7, 11) is 0. The number of rotatable bonds is 4. The summed E-state index contributed by atoms with van der Waals surface area (Å²) in [4.78, 5) is 29.0. The smallest absolute Gasteiger partial charge is 0.324 e. The number of anilines is 1. The number of benzene rings is 2. The van der Waals surface area contributed by atoms with Crippen LogP contribution in [0.2, 0.25) is 0 Å². The Bertz CT molecular complexity index is 1060. The minimum atomic E-state index is -4.60. The molecule has 0 aliphatic heterocycles. The van der Waals surface area contributed by atoms with E-state index < -0.39 is 29.8 Å². The third-order valence-corrected chi connectivity index (χ3v) is 4.08. The minimum absolute atomic E-state index is 0.283. The zero-order chi connectivity index (χ0) is 20.3. The molecular weight excluding hydrogens is 371 g/mol. The Morgan fingerprint density at radius 3 is 2.36 bits per heavy atom. The summed E-state index contributed by atoms with van der Waals surface area (Å²) in [5.41, 5.74) is -0.573. The number of carbonyl (C=O) groups is 1. The lowest BCUT2D eigenvalue weighted by atomic mass is 10.1. The van der Waals surface area contributed by atoms with Gasteiger partial charge >= 0.3 is 6.18 Å². The molecule has 0 atom stereocenters. The second-order valence-electron chi connectivity index (χ2n) is 6.07. The van der Waals surface area contributed by atoms with Crippen molar-refractivity contribution in [2.24, 2.45) is 0 Å². The maximum Gasteiger partial charge on any atom is 0.418 e. The Morgan fingerprint density at radius 2 is 1.71 bits per heavy atom. The van der Waals surface area contributed by atoms with Crippen LogP contribution in [-0.2, 0) is 17.5 Å². The third kappa shape index (κ3) is 4.28. The van der Waals surface area contributed by atoms with E-state index in [1.165, 1.54) is 18.2 Å². The molecule has 1 aromatic heterocycles. The van der Waals surface area contributed by atoms with E-state index in [0.717, 1.165) is 22.3 Å². The van der Waals surface area contributed by atoms with Crippen LogP contribution in [0.5, 0.6) is 0 Å². The number of carbonyl (C=O) groups excluding carboxylic acids is 1. The van der Waals surface area contributed by atoms with Gasteiger partial charge in [-0.1, -0.05) is 42.5 Å². The quantitative estimate of drug-likeness (QED) is 0.739. The number of halogens is 3. The van der Waals surface area contributed by atoms with Crippen molar-refractivity contribution in [1.29, 1.82) is 0 Å². The number of aryl methyl sites for hydroxylation is 1. The Labute approximate surface area is 158 Å². The first-order chi connectivity index (χ1) is 13.3. The number of nitrogens with zero attached hydrogens (tertiary/aromatic N) is 2. The van der Waals surface area contributed by atoms with Gasteiger partial charge in [0.1, 0.15) is 12.4 Å². The highest BCUT2D eigenvalue weighted by Crippen LogP contribution is 2.34. The molecule has 0 radical (unpaired) electrons. The summed E-state index contributed by atoms with van der Waals surface area (Å²) in [6, 6.07) is 15.0. The number of hydrogen-bond donors (Lipinski definition) is 1. The standard InChI is InChI=1S/C20H16F3N3O2/c1-13-24-17(14-7-3-2-4-8-14)11-19(28)26(13)12-18(27)25-16-10-6-5-9-15(16)20(21,22)23/h2-11H,12H2,1H3,(H,25,27). The first-order valence-corrected chi connectivity index (χ1v) is 8.35. The maximum absolute atomic E-state index is 13.0. The molecule has 28 heavy (non-hydrogen) atoms. The molecule has 144 valence electrons. The molecule has 0 unspecified atom stereocenters. The zero-order valence-electron chi connectivity index (χ0n) is 14.8. The van der Waals surface area contributed by atoms with Crippen molar-refractivity contribution in [2.45, 2.75) is 19.6 Å². The van der Waals surface area contributed by atoms with Crippen molar-refractivity contribution in [3.63, 3.8) is 0 Å². The van der Waals surface area contributed by atoms with E-state index in [-0.39, 0.29) is 11.5 Å². The topological polar surface area (TPSA) is 64.0 Å². The van der Waals surface area contributed by atoms with Crippen LogP contribution < -0.4 is 10.9 Å². The third-order valence-electron chi connectivity index (χ3n) is 4.08. The molecule has 1 heterocycles. The molecule has 3 aromatic rings. The number of para-hydroxylation sites is 1. The van der Waals surface area contributed by atoms with E-state index >= 15 is 0 Å². The molecule has 0 spiro atoms. The molecule has 0 bridgehead atoms. The first-order valence-electron chi connectivity index (χ1n) is 8.35. The van der Waals surface area contributed by atoms with Crippen molar-refractivity contribution in [3.8, 4) is 11.3 Å². The fourth-order valence-corrected chi connectivity index (χ4v) is 2.74. The second-order valence-corrected chi connectivity index (χ2v) is 6.07. The molecular formula is C20H16F3N3O2. The van der Waals surface area contributed by atoms with Crippen molar-refractivity contribution >= 4 is 11.6 Å². The van der Waals surface area contributed by atoms with Crippen LogP contribution in [0.1, 0.15) is 11.4 Å². The van der Waals surface area contributed by atoms with Gasteiger partial charge in [-0.15, -0.1) is 0 Å². The Morgan fingerprint density at radius 1 is 1.07 bits per heavy atom. The highest BCUT2D eigenvalue weighted by molar-refractivity contribution is 5.91. The molecule has 1 N–H and O–H groups in total. The molecule has 0 fully saturated rings. The predicted molar refractivity (Wildman–Crippen MR) is 98.7 cm³/mol. The summed E-state index contributed by atoms with van der Waals surface area (Å²) in [5.74, 6) is -0.471. The zero-order valence-corrected chi connectivity index (χ0v) is 14.8. The van der Waals surface area contributed by atoms with Gasteiger partial charge in [0.15, 0.2) is 0 Å².